The highest BCUT2D eigenvalue weighted by molar-refractivity contribution is 7.86. The number of nitrogens with zero attached hydrogens (tertiary/aromatic N) is 1. The van der Waals surface area contributed by atoms with Crippen molar-refractivity contribution in [3.8, 4) is 0 Å². The number of aryl methyl sites for hydroxylation is 2. The van der Waals surface area contributed by atoms with Crippen LogP contribution in [0.25, 0.3) is 0 Å². The number of anilines is 2. The van der Waals surface area contributed by atoms with E-state index in [-0.39, 0.29) is 12.5 Å². The van der Waals surface area contributed by atoms with E-state index in [0.29, 0.717) is 11.4 Å². The third-order valence-electron chi connectivity index (χ3n) is 4.48. The van der Waals surface area contributed by atoms with Crippen LogP contribution in [0.1, 0.15) is 31.9 Å². The van der Waals surface area contributed by atoms with Gasteiger partial charge in [-0.15, -0.1) is 0 Å². The average Bonchev–Trinajstić information content (AvgIpc) is 2.68. The van der Waals surface area contributed by atoms with Gasteiger partial charge in [-0.3, -0.25) is 18.6 Å². The monoisotopic (exact) mass is 475 g/mol. The second kappa shape index (κ2) is 11.2. The first-order valence-corrected chi connectivity index (χ1v) is 11.9. The molecule has 33 heavy (non-hydrogen) atoms. The molecule has 0 bridgehead atoms. The van der Waals surface area contributed by atoms with E-state index in [4.69, 9.17) is 0 Å². The van der Waals surface area contributed by atoms with Gasteiger partial charge in [0.05, 0.1) is 0 Å². The maximum absolute atomic E-state index is 13.1. The molecule has 0 aliphatic carbocycles. The molecule has 2 aromatic carbocycles. The minimum Gasteiger partial charge on any atom is -0.350 e. The first-order chi connectivity index (χ1) is 15.3. The maximum atomic E-state index is 13.1. The largest absolute Gasteiger partial charge is 0.350 e. The summed E-state index contributed by atoms with van der Waals surface area (Å²) in [7, 11) is -1.81. The second-order valence-corrected chi connectivity index (χ2v) is 10.3. The van der Waals surface area contributed by atoms with Crippen LogP contribution in [-0.2, 0) is 25.2 Å². The molecule has 9 heteroatoms. The molecule has 0 spiro atoms. The van der Waals surface area contributed by atoms with Crippen molar-refractivity contribution in [1.82, 2.24) is 5.32 Å². The Labute approximate surface area is 196 Å². The third-order valence-corrected chi connectivity index (χ3v) is 5.63. The topological polar surface area (TPSA) is 95.6 Å². The molecule has 0 radical (unpaired) electrons. The van der Waals surface area contributed by atoms with Crippen molar-refractivity contribution >= 4 is 39.9 Å². The van der Waals surface area contributed by atoms with Gasteiger partial charge in [0.25, 0.3) is 0 Å². The molecule has 0 heterocycles. The van der Waals surface area contributed by atoms with Crippen LogP contribution >= 0.6 is 0 Å². The van der Waals surface area contributed by atoms with Crippen LogP contribution in [0.15, 0.2) is 42.5 Å². The van der Waals surface area contributed by atoms with Crippen molar-refractivity contribution in [3.63, 3.8) is 0 Å². The minimum atomic E-state index is -1.81. The molecule has 0 saturated carbocycles. The van der Waals surface area contributed by atoms with Crippen molar-refractivity contribution in [2.45, 2.75) is 40.2 Å². The van der Waals surface area contributed by atoms with Crippen molar-refractivity contribution in [3.05, 3.63) is 59.4 Å². The van der Waals surface area contributed by atoms with Gasteiger partial charge < -0.3 is 15.5 Å². The molecular weight excluding hydrogens is 445 g/mol. The Kier molecular flexibility index (Phi) is 8.87. The molecule has 178 valence electrons. The van der Waals surface area contributed by atoms with E-state index < -0.39 is 45.5 Å². The van der Waals surface area contributed by atoms with Crippen LogP contribution in [0.4, 0.5) is 15.8 Å². The lowest BCUT2D eigenvalue weighted by atomic mass is 10.1. The number of hydrogen-bond acceptors (Lipinski definition) is 4. The Balaban J connectivity index is 2.12. The van der Waals surface area contributed by atoms with E-state index in [1.165, 1.54) is 29.2 Å². The summed E-state index contributed by atoms with van der Waals surface area (Å²) >= 11 is 0. The second-order valence-electron chi connectivity index (χ2n) is 8.85. The Morgan fingerprint density at radius 3 is 2.21 bits per heavy atom. The summed E-state index contributed by atoms with van der Waals surface area (Å²) < 4.78 is 25.5. The van der Waals surface area contributed by atoms with Gasteiger partial charge in [-0.05, 0) is 76.1 Å². The lowest BCUT2D eigenvalue weighted by Crippen LogP contribution is -2.48. The molecule has 2 N–H and O–H groups in total. The molecule has 3 amide bonds. The molecular formula is C24H30FN3O4S. The number of rotatable bonds is 8. The van der Waals surface area contributed by atoms with E-state index in [2.05, 4.69) is 10.6 Å². The van der Waals surface area contributed by atoms with Crippen LogP contribution < -0.4 is 15.5 Å². The van der Waals surface area contributed by atoms with Gasteiger partial charge >= 0.3 is 0 Å². The molecule has 1 atom stereocenters. The molecule has 2 aromatic rings. The summed E-state index contributed by atoms with van der Waals surface area (Å²) in [4.78, 5) is 39.1. The van der Waals surface area contributed by atoms with Gasteiger partial charge in [-0.25, -0.2) is 4.39 Å². The standard InChI is InChI=1S/C24H30FN3O4S/c1-16-6-7-17(2)20(12-16)28(13-21(29)27-24(3,4)5)23(31)15-33(32)14-22(30)26-19-10-8-18(25)9-11-19/h6-12H,13-15H2,1-5H3,(H,26,30)(H,27,29). The third kappa shape index (κ3) is 8.76. The predicted octanol–water partition coefficient (Wildman–Crippen LogP) is 3.08. The number of carbonyl (C=O) groups excluding carboxylic acids is 3. The van der Waals surface area contributed by atoms with Crippen molar-refractivity contribution in [2.24, 2.45) is 0 Å². The van der Waals surface area contributed by atoms with Crippen molar-refractivity contribution in [2.75, 3.05) is 28.3 Å². The number of halogens is 1. The quantitative estimate of drug-likeness (QED) is 0.613. The van der Waals surface area contributed by atoms with E-state index in [9.17, 15) is 23.0 Å². The molecule has 0 aliphatic rings. The molecule has 2 rings (SSSR count). The normalized spacial score (nSPS) is 12.1. The number of benzene rings is 2. The molecule has 0 fully saturated rings. The first kappa shape index (κ1) is 26.2. The van der Waals surface area contributed by atoms with Gasteiger partial charge in [-0.1, -0.05) is 12.1 Å². The van der Waals surface area contributed by atoms with Gasteiger partial charge in [-0.2, -0.15) is 0 Å². The predicted molar refractivity (Wildman–Crippen MR) is 129 cm³/mol. The van der Waals surface area contributed by atoms with Crippen LogP contribution in [0.3, 0.4) is 0 Å². The molecule has 1 unspecified atom stereocenters. The van der Waals surface area contributed by atoms with Gasteiger partial charge in [0.2, 0.25) is 17.7 Å². The van der Waals surface area contributed by atoms with Crippen molar-refractivity contribution < 1.29 is 23.0 Å². The highest BCUT2D eigenvalue weighted by Crippen LogP contribution is 2.22. The van der Waals surface area contributed by atoms with Crippen LogP contribution in [0.2, 0.25) is 0 Å². The average molecular weight is 476 g/mol. The minimum absolute atomic E-state index is 0.237. The Bertz CT molecular complexity index is 1050. The SMILES string of the molecule is Cc1ccc(C)c(N(CC(=O)NC(C)(C)C)C(=O)CS(=O)CC(=O)Nc2ccc(F)cc2)c1. The summed E-state index contributed by atoms with van der Waals surface area (Å²) in [5.74, 6) is -2.71. The number of carbonyl (C=O) groups is 3. The van der Waals surface area contributed by atoms with Crippen LogP contribution in [0.5, 0.6) is 0 Å². The molecule has 0 saturated heterocycles. The lowest BCUT2D eigenvalue weighted by molar-refractivity contribution is -0.124. The molecule has 0 aliphatic heterocycles. The van der Waals surface area contributed by atoms with Gasteiger partial charge in [0.1, 0.15) is 23.9 Å². The fourth-order valence-corrected chi connectivity index (χ4v) is 3.96. The highest BCUT2D eigenvalue weighted by atomic mass is 32.2. The Morgan fingerprint density at radius 1 is 0.970 bits per heavy atom. The van der Waals surface area contributed by atoms with E-state index in [0.717, 1.165) is 11.1 Å². The Hall–Kier alpha value is -3.07. The summed E-state index contributed by atoms with van der Waals surface area (Å²) in [5.41, 5.74) is 2.13. The van der Waals surface area contributed by atoms with E-state index >= 15 is 0 Å². The fraction of sp³-hybridized carbons (Fsp3) is 0.375. The maximum Gasteiger partial charge on any atom is 0.240 e. The van der Waals surface area contributed by atoms with Crippen molar-refractivity contribution in [1.29, 1.82) is 0 Å². The molecule has 0 aromatic heterocycles. The smallest absolute Gasteiger partial charge is 0.240 e. The zero-order valence-electron chi connectivity index (χ0n) is 19.5. The van der Waals surface area contributed by atoms with E-state index in [1.54, 1.807) is 6.07 Å². The highest BCUT2D eigenvalue weighted by Gasteiger charge is 2.25. The summed E-state index contributed by atoms with van der Waals surface area (Å²) in [5, 5.41) is 5.35. The van der Waals surface area contributed by atoms with Crippen LogP contribution in [-0.4, -0.2) is 45.5 Å². The number of amides is 3. The zero-order valence-corrected chi connectivity index (χ0v) is 20.3. The zero-order chi connectivity index (χ0) is 24.8. The number of hydrogen-bond donors (Lipinski definition) is 2. The van der Waals surface area contributed by atoms with Gasteiger partial charge in [0, 0.05) is 27.7 Å². The summed E-state index contributed by atoms with van der Waals surface area (Å²) in [6.07, 6.45) is 0. The van der Waals surface area contributed by atoms with Crippen LogP contribution in [0, 0.1) is 19.7 Å². The lowest BCUT2D eigenvalue weighted by Gasteiger charge is -2.27. The Morgan fingerprint density at radius 2 is 1.61 bits per heavy atom. The first-order valence-electron chi connectivity index (χ1n) is 10.4. The summed E-state index contributed by atoms with van der Waals surface area (Å²) in [6, 6.07) is 10.7. The summed E-state index contributed by atoms with van der Waals surface area (Å²) in [6.45, 7) is 8.97. The fourth-order valence-electron chi connectivity index (χ4n) is 3.06. The molecule has 7 nitrogen and oxygen atoms in total. The number of nitrogens with one attached hydrogen (secondary N) is 2. The van der Waals surface area contributed by atoms with E-state index in [1.807, 2.05) is 46.8 Å². The van der Waals surface area contributed by atoms with Gasteiger partial charge in [0.15, 0.2) is 0 Å².